The number of hydrogen-bond donors (Lipinski definition) is 0. The third-order valence-electron chi connectivity index (χ3n) is 3.71. The van der Waals surface area contributed by atoms with Gasteiger partial charge in [0, 0.05) is 11.8 Å². The molecule has 0 radical (unpaired) electrons. The lowest BCUT2D eigenvalue weighted by molar-refractivity contribution is 1.46. The van der Waals surface area contributed by atoms with Crippen molar-refractivity contribution in [3.05, 3.63) is 82.3 Å². The molecule has 3 aromatic carbocycles. The van der Waals surface area contributed by atoms with Crippen LogP contribution in [0.1, 0.15) is 5.56 Å². The fourth-order valence-electron chi connectivity index (χ4n) is 2.43. The zero-order chi connectivity index (χ0) is 17.2. The Labute approximate surface area is 159 Å². The van der Waals surface area contributed by atoms with Crippen LogP contribution in [0, 0.1) is 0 Å². The Morgan fingerprint density at radius 1 is 0.880 bits per heavy atom. The molecule has 0 aliphatic carbocycles. The van der Waals surface area contributed by atoms with Crippen LogP contribution in [0.2, 0.25) is 10.0 Å². The van der Waals surface area contributed by atoms with Crippen molar-refractivity contribution in [1.82, 2.24) is 4.98 Å². The van der Waals surface area contributed by atoms with Gasteiger partial charge in [0.25, 0.3) is 0 Å². The lowest BCUT2D eigenvalue weighted by atomic mass is 10.2. The number of aromatic nitrogens is 1. The molecular weight excluding hydrogens is 371 g/mol. The number of rotatable bonds is 3. The van der Waals surface area contributed by atoms with E-state index >= 15 is 0 Å². The lowest BCUT2D eigenvalue weighted by Gasteiger charge is -1.99. The number of benzene rings is 3. The minimum Gasteiger partial charge on any atom is -0.256 e. The van der Waals surface area contributed by atoms with E-state index in [9.17, 15) is 0 Å². The number of halogens is 2. The maximum Gasteiger partial charge on any atom is 0.124 e. The predicted octanol–water partition coefficient (Wildman–Crippen LogP) is 7.02. The number of thiazole rings is 1. The first kappa shape index (κ1) is 16.3. The molecule has 0 saturated carbocycles. The van der Waals surface area contributed by atoms with E-state index in [1.807, 2.05) is 48.5 Å². The molecule has 0 unspecified atom stereocenters. The predicted molar refractivity (Wildman–Crippen MR) is 109 cm³/mol. The Hall–Kier alpha value is -2.20. The summed E-state index contributed by atoms with van der Waals surface area (Å²) in [7, 11) is 0. The number of hydrogen-bond acceptors (Lipinski definition) is 3. The van der Waals surface area contributed by atoms with Crippen LogP contribution >= 0.6 is 34.5 Å². The van der Waals surface area contributed by atoms with Gasteiger partial charge in [0.15, 0.2) is 0 Å². The lowest BCUT2D eigenvalue weighted by Crippen LogP contribution is -1.81. The Kier molecular flexibility index (Phi) is 4.53. The first-order chi connectivity index (χ1) is 12.2. The third kappa shape index (κ3) is 3.59. The summed E-state index contributed by atoms with van der Waals surface area (Å²) in [5.74, 6) is 0. The highest BCUT2D eigenvalue weighted by molar-refractivity contribution is 7.21. The monoisotopic (exact) mass is 382 g/mol. The highest BCUT2D eigenvalue weighted by atomic mass is 35.5. The summed E-state index contributed by atoms with van der Waals surface area (Å²) in [4.78, 5) is 9.16. The molecule has 5 heteroatoms. The second kappa shape index (κ2) is 6.96. The molecule has 0 amide bonds. The van der Waals surface area contributed by atoms with Crippen LogP contribution in [-0.4, -0.2) is 11.2 Å². The Morgan fingerprint density at radius 2 is 1.68 bits per heavy atom. The van der Waals surface area contributed by atoms with E-state index in [-0.39, 0.29) is 0 Å². The van der Waals surface area contributed by atoms with Crippen molar-refractivity contribution >= 4 is 56.7 Å². The number of nitrogens with zero attached hydrogens (tertiary/aromatic N) is 2. The molecule has 0 N–H and O–H groups in total. The second-order valence-electron chi connectivity index (χ2n) is 5.47. The fraction of sp³-hybridized carbons (Fsp3) is 0. The van der Waals surface area contributed by atoms with Crippen molar-refractivity contribution in [2.75, 3.05) is 0 Å². The smallest absolute Gasteiger partial charge is 0.124 e. The molecule has 25 heavy (non-hydrogen) atoms. The average molecular weight is 383 g/mol. The van der Waals surface area contributed by atoms with Gasteiger partial charge in [-0.05, 0) is 54.1 Å². The van der Waals surface area contributed by atoms with Crippen LogP contribution in [0.15, 0.2) is 71.7 Å². The van der Waals surface area contributed by atoms with Gasteiger partial charge < -0.3 is 0 Å². The molecule has 0 aliphatic rings. The van der Waals surface area contributed by atoms with Crippen molar-refractivity contribution in [1.29, 1.82) is 0 Å². The highest BCUT2D eigenvalue weighted by Gasteiger charge is 2.05. The van der Waals surface area contributed by atoms with Crippen LogP contribution in [0.3, 0.4) is 0 Å². The van der Waals surface area contributed by atoms with Gasteiger partial charge in [0.05, 0.1) is 25.9 Å². The average Bonchev–Trinajstić information content (AvgIpc) is 3.07. The summed E-state index contributed by atoms with van der Waals surface area (Å²) in [6.45, 7) is 0. The second-order valence-corrected chi connectivity index (χ2v) is 7.31. The maximum atomic E-state index is 6.02. The van der Waals surface area contributed by atoms with Gasteiger partial charge in [-0.1, -0.05) is 41.4 Å². The van der Waals surface area contributed by atoms with E-state index in [2.05, 4.69) is 16.0 Å². The summed E-state index contributed by atoms with van der Waals surface area (Å²) in [6.07, 6.45) is 1.77. The van der Waals surface area contributed by atoms with Crippen LogP contribution < -0.4 is 0 Å². The molecule has 1 aromatic heterocycles. The van der Waals surface area contributed by atoms with Crippen molar-refractivity contribution in [3.8, 4) is 10.6 Å². The molecule has 4 aromatic rings. The van der Waals surface area contributed by atoms with Gasteiger partial charge in [-0.25, -0.2) is 4.98 Å². The number of fused-ring (bicyclic) bond motifs is 1. The van der Waals surface area contributed by atoms with Gasteiger partial charge in [0.1, 0.15) is 5.01 Å². The van der Waals surface area contributed by atoms with Gasteiger partial charge in [-0.2, -0.15) is 0 Å². The first-order valence-corrected chi connectivity index (χ1v) is 9.21. The Balaban J connectivity index is 1.57. The first-order valence-electron chi connectivity index (χ1n) is 7.64. The van der Waals surface area contributed by atoms with Gasteiger partial charge in [-0.15, -0.1) is 11.3 Å². The Bertz CT molecular complexity index is 1040. The molecule has 2 nitrogen and oxygen atoms in total. The summed E-state index contributed by atoms with van der Waals surface area (Å²) in [5.41, 5.74) is 3.90. The van der Waals surface area contributed by atoms with E-state index in [4.69, 9.17) is 23.2 Å². The van der Waals surface area contributed by atoms with Crippen LogP contribution in [0.25, 0.3) is 20.8 Å². The minimum atomic E-state index is 0.525. The number of para-hydroxylation sites is 1. The van der Waals surface area contributed by atoms with Gasteiger partial charge in [-0.3, -0.25) is 4.99 Å². The zero-order valence-electron chi connectivity index (χ0n) is 13.0. The van der Waals surface area contributed by atoms with Crippen molar-refractivity contribution in [3.63, 3.8) is 0 Å². The zero-order valence-corrected chi connectivity index (χ0v) is 15.3. The maximum absolute atomic E-state index is 6.02. The van der Waals surface area contributed by atoms with Crippen molar-refractivity contribution in [2.24, 2.45) is 4.99 Å². The van der Waals surface area contributed by atoms with E-state index in [0.717, 1.165) is 27.3 Å². The van der Waals surface area contributed by atoms with Crippen LogP contribution in [0.4, 0.5) is 5.69 Å². The molecule has 0 saturated heterocycles. The Morgan fingerprint density at radius 3 is 2.44 bits per heavy atom. The molecule has 122 valence electrons. The number of aliphatic imine (C=N–C) groups is 1. The topological polar surface area (TPSA) is 25.2 Å². The van der Waals surface area contributed by atoms with Gasteiger partial charge >= 0.3 is 0 Å². The van der Waals surface area contributed by atoms with Crippen LogP contribution in [0.5, 0.6) is 0 Å². The molecular formula is C20H12Cl2N2S. The van der Waals surface area contributed by atoms with E-state index < -0.39 is 0 Å². The molecule has 0 spiro atoms. The van der Waals surface area contributed by atoms with E-state index in [0.29, 0.717) is 10.0 Å². The SMILES string of the molecule is Clc1ccc(C=Nc2ccc(-c3nc4ccccc4s3)cc2)cc1Cl. The largest absolute Gasteiger partial charge is 0.256 e. The van der Waals surface area contributed by atoms with E-state index in [1.165, 1.54) is 4.70 Å². The molecule has 4 rings (SSSR count). The van der Waals surface area contributed by atoms with Crippen molar-refractivity contribution < 1.29 is 0 Å². The van der Waals surface area contributed by atoms with E-state index in [1.54, 1.807) is 29.7 Å². The van der Waals surface area contributed by atoms with Gasteiger partial charge in [0.2, 0.25) is 0 Å². The molecule has 0 atom stereocenters. The quantitative estimate of drug-likeness (QED) is 0.349. The highest BCUT2D eigenvalue weighted by Crippen LogP contribution is 2.31. The standard InChI is InChI=1S/C20H12Cl2N2S/c21-16-10-5-13(11-17(16)22)12-23-15-8-6-14(7-9-15)20-24-18-3-1-2-4-19(18)25-20/h1-12H. The fourth-order valence-corrected chi connectivity index (χ4v) is 3.71. The molecule has 1 heterocycles. The summed E-state index contributed by atoms with van der Waals surface area (Å²) in [5, 5.41) is 2.08. The van der Waals surface area contributed by atoms with Crippen molar-refractivity contribution in [2.45, 2.75) is 0 Å². The minimum absolute atomic E-state index is 0.525. The summed E-state index contributed by atoms with van der Waals surface area (Å²) >= 11 is 13.6. The summed E-state index contributed by atoms with van der Waals surface area (Å²) < 4.78 is 1.19. The molecule has 0 aliphatic heterocycles. The van der Waals surface area contributed by atoms with Crippen LogP contribution in [-0.2, 0) is 0 Å². The normalized spacial score (nSPS) is 11.4. The third-order valence-corrected chi connectivity index (χ3v) is 5.54. The summed E-state index contributed by atoms with van der Waals surface area (Å²) in [6, 6.07) is 21.6. The molecule has 0 bridgehead atoms. The molecule has 0 fully saturated rings.